The molecule has 3 aromatic rings. The van der Waals surface area contributed by atoms with Crippen molar-refractivity contribution in [3.63, 3.8) is 0 Å². The summed E-state index contributed by atoms with van der Waals surface area (Å²) in [7, 11) is 0. The zero-order valence-electron chi connectivity index (χ0n) is 15.0. The number of hydrogen-bond acceptors (Lipinski definition) is 4. The Morgan fingerprint density at radius 3 is 2.52 bits per heavy atom. The van der Waals surface area contributed by atoms with Crippen molar-refractivity contribution in [2.75, 3.05) is 5.32 Å². The molecule has 1 N–H and O–H groups in total. The molecular formula is C22H19N3O2. The molecule has 134 valence electrons. The molecule has 4 rings (SSSR count). The maximum absolute atomic E-state index is 12.5. The van der Waals surface area contributed by atoms with E-state index in [1.165, 1.54) is 11.8 Å². The van der Waals surface area contributed by atoms with Gasteiger partial charge in [0, 0.05) is 18.2 Å². The van der Waals surface area contributed by atoms with Gasteiger partial charge < -0.3 is 0 Å². The topological polar surface area (TPSA) is 72.0 Å². The van der Waals surface area contributed by atoms with E-state index in [1.54, 1.807) is 24.3 Å². The van der Waals surface area contributed by atoms with E-state index < -0.39 is 0 Å². The molecule has 0 saturated carbocycles. The third-order valence-corrected chi connectivity index (χ3v) is 4.85. The van der Waals surface area contributed by atoms with Gasteiger partial charge in [-0.2, -0.15) is 0 Å². The molecule has 27 heavy (non-hydrogen) atoms. The summed E-state index contributed by atoms with van der Waals surface area (Å²) in [4.78, 5) is 33.4. The normalized spacial score (nSPS) is 15.9. The maximum Gasteiger partial charge on any atom is 0.258 e. The monoisotopic (exact) mass is 357 g/mol. The molecule has 2 aromatic carbocycles. The molecule has 1 unspecified atom stereocenters. The van der Waals surface area contributed by atoms with Gasteiger partial charge in [-0.1, -0.05) is 48.0 Å². The first kappa shape index (κ1) is 17.1. The number of ketones is 1. The first-order chi connectivity index (χ1) is 13.1. The second-order valence-electron chi connectivity index (χ2n) is 6.81. The van der Waals surface area contributed by atoms with Gasteiger partial charge in [-0.25, -0.2) is 9.97 Å². The van der Waals surface area contributed by atoms with Crippen LogP contribution in [0.25, 0.3) is 0 Å². The Kier molecular flexibility index (Phi) is 4.50. The van der Waals surface area contributed by atoms with Gasteiger partial charge in [-0.05, 0) is 37.0 Å². The third kappa shape index (κ3) is 3.62. The number of nitrogens with zero attached hydrogens (tertiary/aromatic N) is 2. The summed E-state index contributed by atoms with van der Waals surface area (Å²) in [6, 6.07) is 17.1. The Hall–Kier alpha value is -3.34. The fourth-order valence-corrected chi connectivity index (χ4v) is 3.34. The zero-order valence-corrected chi connectivity index (χ0v) is 15.0. The number of amides is 1. The first-order valence-electron chi connectivity index (χ1n) is 8.92. The summed E-state index contributed by atoms with van der Waals surface area (Å²) in [6.07, 6.45) is 2.63. The molecule has 0 radical (unpaired) electrons. The molecule has 5 nitrogen and oxygen atoms in total. The zero-order chi connectivity index (χ0) is 18.8. The molecular weight excluding hydrogens is 338 g/mol. The van der Waals surface area contributed by atoms with Crippen molar-refractivity contribution in [2.45, 2.75) is 25.7 Å². The number of hydrogen-bond donors (Lipinski definition) is 1. The number of benzene rings is 2. The Labute approximate surface area is 157 Å². The number of Topliss-reactive ketones (excluding diaryl/α,β-unsaturated/α-hetero) is 1. The van der Waals surface area contributed by atoms with Crippen molar-refractivity contribution in [3.05, 3.63) is 88.7 Å². The van der Waals surface area contributed by atoms with Gasteiger partial charge in [0.15, 0.2) is 5.78 Å². The molecule has 1 aliphatic rings. The maximum atomic E-state index is 12.5. The Morgan fingerprint density at radius 2 is 1.78 bits per heavy atom. The van der Waals surface area contributed by atoms with Crippen molar-refractivity contribution in [1.29, 1.82) is 0 Å². The molecule has 0 fully saturated rings. The van der Waals surface area contributed by atoms with Gasteiger partial charge in [0.1, 0.15) is 0 Å². The number of carbonyl (C=O) groups excluding carboxylic acids is 2. The highest BCUT2D eigenvalue weighted by Gasteiger charge is 2.28. The molecule has 1 amide bonds. The van der Waals surface area contributed by atoms with E-state index >= 15 is 0 Å². The molecule has 1 aromatic heterocycles. The lowest BCUT2D eigenvalue weighted by Gasteiger charge is -2.23. The van der Waals surface area contributed by atoms with Gasteiger partial charge in [-0.3, -0.25) is 14.9 Å². The fourth-order valence-electron chi connectivity index (χ4n) is 3.34. The molecule has 5 heteroatoms. The van der Waals surface area contributed by atoms with Gasteiger partial charge in [-0.15, -0.1) is 0 Å². The van der Waals surface area contributed by atoms with Crippen molar-refractivity contribution < 1.29 is 9.59 Å². The van der Waals surface area contributed by atoms with Crippen molar-refractivity contribution >= 4 is 17.6 Å². The van der Waals surface area contributed by atoms with Crippen molar-refractivity contribution in [2.24, 2.45) is 0 Å². The van der Waals surface area contributed by atoms with E-state index in [-0.39, 0.29) is 23.6 Å². The Balaban J connectivity index is 1.57. The van der Waals surface area contributed by atoms with Gasteiger partial charge in [0.05, 0.1) is 11.3 Å². The summed E-state index contributed by atoms with van der Waals surface area (Å²) in [5, 5.41) is 2.71. The second kappa shape index (κ2) is 7.11. The third-order valence-electron chi connectivity index (χ3n) is 4.85. The fraction of sp³-hybridized carbons (Fsp3) is 0.182. The molecule has 1 atom stereocenters. The lowest BCUT2D eigenvalue weighted by molar-refractivity contribution is 0.0962. The number of anilines is 1. The molecule has 1 aliphatic carbocycles. The van der Waals surface area contributed by atoms with Crippen LogP contribution in [0.15, 0.2) is 60.8 Å². The quantitative estimate of drug-likeness (QED) is 0.770. The minimum absolute atomic E-state index is 0.0442. The van der Waals surface area contributed by atoms with Crippen LogP contribution in [0, 0.1) is 6.92 Å². The molecule has 0 spiro atoms. The number of aromatic nitrogens is 2. The lowest BCUT2D eigenvalue weighted by atomic mass is 9.82. The first-order valence-corrected chi connectivity index (χ1v) is 8.92. The molecule has 0 aliphatic heterocycles. The summed E-state index contributed by atoms with van der Waals surface area (Å²) < 4.78 is 0. The van der Waals surface area contributed by atoms with Crippen LogP contribution < -0.4 is 5.32 Å². The average molecular weight is 357 g/mol. The van der Waals surface area contributed by atoms with E-state index in [9.17, 15) is 9.59 Å². The summed E-state index contributed by atoms with van der Waals surface area (Å²) in [5.41, 5.74) is 4.10. The Bertz CT molecular complexity index is 998. The van der Waals surface area contributed by atoms with Crippen LogP contribution in [0.5, 0.6) is 0 Å². The van der Waals surface area contributed by atoms with Crippen molar-refractivity contribution in [3.8, 4) is 0 Å². The van der Waals surface area contributed by atoms with E-state index in [4.69, 9.17) is 0 Å². The van der Waals surface area contributed by atoms with Crippen LogP contribution in [-0.4, -0.2) is 21.7 Å². The standard InChI is InChI=1S/C22H19N3O2/c1-14-7-9-15(10-8-14)17-11-19-18(20(26)12-17)13-23-22(24-19)25-21(27)16-5-3-2-4-6-16/h2-10,13,17H,11-12H2,1H3,(H,23,24,25,27). The van der Waals surface area contributed by atoms with Gasteiger partial charge in [0.25, 0.3) is 5.91 Å². The van der Waals surface area contributed by atoms with Crippen LogP contribution >= 0.6 is 0 Å². The highest BCUT2D eigenvalue weighted by atomic mass is 16.1. The van der Waals surface area contributed by atoms with E-state index in [0.29, 0.717) is 29.7 Å². The van der Waals surface area contributed by atoms with Crippen LogP contribution in [-0.2, 0) is 6.42 Å². The van der Waals surface area contributed by atoms with Crippen LogP contribution in [0.1, 0.15) is 49.9 Å². The number of carbonyl (C=O) groups is 2. The summed E-state index contributed by atoms with van der Waals surface area (Å²) >= 11 is 0. The van der Waals surface area contributed by atoms with Gasteiger partial charge in [0.2, 0.25) is 5.95 Å². The highest BCUT2D eigenvalue weighted by Crippen LogP contribution is 2.32. The van der Waals surface area contributed by atoms with Crippen LogP contribution in [0.2, 0.25) is 0 Å². The molecule has 0 bridgehead atoms. The van der Waals surface area contributed by atoms with E-state index in [0.717, 1.165) is 5.56 Å². The predicted octanol–water partition coefficient (Wildman–Crippen LogP) is 3.95. The number of rotatable bonds is 3. The predicted molar refractivity (Wildman–Crippen MR) is 103 cm³/mol. The highest BCUT2D eigenvalue weighted by molar-refractivity contribution is 6.03. The minimum atomic E-state index is -0.271. The van der Waals surface area contributed by atoms with Gasteiger partial charge >= 0.3 is 0 Å². The number of fused-ring (bicyclic) bond motifs is 1. The minimum Gasteiger partial charge on any atom is -0.294 e. The van der Waals surface area contributed by atoms with Crippen LogP contribution in [0.3, 0.4) is 0 Å². The average Bonchev–Trinajstić information content (AvgIpc) is 2.69. The van der Waals surface area contributed by atoms with E-state index in [2.05, 4.69) is 39.6 Å². The summed E-state index contributed by atoms with van der Waals surface area (Å²) in [5.74, 6) is 0.0914. The molecule has 1 heterocycles. The van der Waals surface area contributed by atoms with Crippen LogP contribution in [0.4, 0.5) is 5.95 Å². The largest absolute Gasteiger partial charge is 0.294 e. The smallest absolute Gasteiger partial charge is 0.258 e. The SMILES string of the molecule is Cc1ccc(C2CC(=O)c3cnc(NC(=O)c4ccccc4)nc3C2)cc1. The second-order valence-corrected chi connectivity index (χ2v) is 6.81. The number of nitrogens with one attached hydrogen (secondary N) is 1. The van der Waals surface area contributed by atoms with Crippen molar-refractivity contribution in [1.82, 2.24) is 9.97 Å². The number of aryl methyl sites for hydroxylation is 1. The van der Waals surface area contributed by atoms with E-state index in [1.807, 2.05) is 13.0 Å². The Morgan fingerprint density at radius 1 is 1.04 bits per heavy atom. The summed E-state index contributed by atoms with van der Waals surface area (Å²) in [6.45, 7) is 2.04. The lowest BCUT2D eigenvalue weighted by Crippen LogP contribution is -2.22. The molecule has 0 saturated heterocycles.